The van der Waals surface area contributed by atoms with Crippen molar-refractivity contribution >= 4 is 38.9 Å². The third-order valence-electron chi connectivity index (χ3n) is 2.52. The van der Waals surface area contributed by atoms with Gasteiger partial charge in [-0.15, -0.1) is 10.2 Å². The van der Waals surface area contributed by atoms with Crippen molar-refractivity contribution in [2.75, 3.05) is 6.54 Å². The maximum Gasteiger partial charge on any atom is 0.148 e. The Morgan fingerprint density at radius 2 is 2.16 bits per heavy atom. The Morgan fingerprint density at radius 1 is 1.37 bits per heavy atom. The van der Waals surface area contributed by atoms with Gasteiger partial charge in [0.15, 0.2) is 0 Å². The van der Waals surface area contributed by atoms with E-state index in [-0.39, 0.29) is 0 Å². The first-order valence-corrected chi connectivity index (χ1v) is 8.06. The number of halogens is 2. The minimum absolute atomic E-state index is 0.498. The molecule has 1 N–H and O–H groups in total. The highest BCUT2D eigenvalue weighted by Gasteiger charge is 2.10. The summed E-state index contributed by atoms with van der Waals surface area (Å²) in [7, 11) is 0. The molecular formula is C13H15BrClN3S. The summed E-state index contributed by atoms with van der Waals surface area (Å²) >= 11 is 11.1. The lowest BCUT2D eigenvalue weighted by Crippen LogP contribution is -2.24. The average molecular weight is 361 g/mol. The molecule has 0 aliphatic carbocycles. The van der Waals surface area contributed by atoms with Gasteiger partial charge >= 0.3 is 0 Å². The van der Waals surface area contributed by atoms with Crippen LogP contribution in [0.1, 0.15) is 18.9 Å². The van der Waals surface area contributed by atoms with Gasteiger partial charge in [0.1, 0.15) is 10.0 Å². The third-order valence-corrected chi connectivity index (χ3v) is 4.43. The van der Waals surface area contributed by atoms with Gasteiger partial charge in [-0.1, -0.05) is 52.7 Å². The van der Waals surface area contributed by atoms with Crippen LogP contribution in [0, 0.1) is 0 Å². The van der Waals surface area contributed by atoms with Crippen molar-refractivity contribution in [3.8, 4) is 10.6 Å². The summed E-state index contributed by atoms with van der Waals surface area (Å²) in [5, 5.41) is 14.5. The molecule has 0 radical (unpaired) electrons. The first-order chi connectivity index (χ1) is 9.06. The van der Waals surface area contributed by atoms with Crippen molar-refractivity contribution in [1.82, 2.24) is 15.5 Å². The molecule has 102 valence electrons. The van der Waals surface area contributed by atoms with Crippen molar-refractivity contribution in [3.63, 3.8) is 0 Å². The van der Waals surface area contributed by atoms with Crippen molar-refractivity contribution in [2.45, 2.75) is 26.3 Å². The lowest BCUT2D eigenvalue weighted by molar-refractivity contribution is 0.588. The van der Waals surface area contributed by atoms with E-state index in [1.807, 2.05) is 18.2 Å². The van der Waals surface area contributed by atoms with Gasteiger partial charge in [0.2, 0.25) is 0 Å². The molecule has 1 heterocycles. The van der Waals surface area contributed by atoms with Crippen LogP contribution in [-0.4, -0.2) is 22.8 Å². The predicted molar refractivity (Wildman–Crippen MR) is 84.9 cm³/mol. The van der Waals surface area contributed by atoms with Crippen LogP contribution in [-0.2, 0) is 6.42 Å². The van der Waals surface area contributed by atoms with Gasteiger partial charge in [-0.25, -0.2) is 0 Å². The molecule has 0 fully saturated rings. The fraction of sp³-hybridized carbons (Fsp3) is 0.385. The van der Waals surface area contributed by atoms with E-state index in [9.17, 15) is 0 Å². The van der Waals surface area contributed by atoms with Crippen molar-refractivity contribution in [1.29, 1.82) is 0 Å². The van der Waals surface area contributed by atoms with E-state index in [4.69, 9.17) is 11.6 Å². The van der Waals surface area contributed by atoms with E-state index < -0.39 is 0 Å². The zero-order valence-corrected chi connectivity index (χ0v) is 13.9. The number of hydrogen-bond donors (Lipinski definition) is 1. The highest BCUT2D eigenvalue weighted by molar-refractivity contribution is 9.10. The number of nitrogens with one attached hydrogen (secondary N) is 1. The second-order valence-electron chi connectivity index (χ2n) is 4.48. The zero-order chi connectivity index (χ0) is 13.8. The normalized spacial score (nSPS) is 11.2. The van der Waals surface area contributed by atoms with E-state index in [0.717, 1.165) is 33.0 Å². The minimum atomic E-state index is 0.498. The van der Waals surface area contributed by atoms with Gasteiger partial charge in [-0.2, -0.15) is 0 Å². The minimum Gasteiger partial charge on any atom is -0.314 e. The number of aromatic nitrogens is 2. The number of rotatable bonds is 5. The summed E-state index contributed by atoms with van der Waals surface area (Å²) in [5.74, 6) is 0. The van der Waals surface area contributed by atoms with E-state index in [0.29, 0.717) is 11.1 Å². The molecule has 0 amide bonds. The summed E-state index contributed by atoms with van der Waals surface area (Å²) in [5.41, 5.74) is 1.03. The fourth-order valence-electron chi connectivity index (χ4n) is 1.59. The number of benzene rings is 1. The molecule has 2 rings (SSSR count). The van der Waals surface area contributed by atoms with Crippen LogP contribution in [0.4, 0.5) is 0 Å². The van der Waals surface area contributed by atoms with Gasteiger partial charge in [0, 0.05) is 34.1 Å². The second kappa shape index (κ2) is 6.79. The maximum atomic E-state index is 5.94. The molecular weight excluding hydrogens is 346 g/mol. The quantitative estimate of drug-likeness (QED) is 0.870. The first kappa shape index (κ1) is 14.9. The van der Waals surface area contributed by atoms with Crippen LogP contribution in [0.15, 0.2) is 22.7 Å². The zero-order valence-electron chi connectivity index (χ0n) is 10.8. The van der Waals surface area contributed by atoms with E-state index in [1.54, 1.807) is 11.3 Å². The second-order valence-corrected chi connectivity index (χ2v) is 6.84. The Morgan fingerprint density at radius 3 is 2.84 bits per heavy atom. The Bertz CT molecular complexity index is 557. The summed E-state index contributed by atoms with van der Waals surface area (Å²) in [6.45, 7) is 5.20. The van der Waals surface area contributed by atoms with Crippen LogP contribution in [0.25, 0.3) is 10.6 Å². The Kier molecular flexibility index (Phi) is 5.33. The van der Waals surface area contributed by atoms with Gasteiger partial charge in [0.05, 0.1) is 0 Å². The molecule has 0 unspecified atom stereocenters. The molecule has 0 saturated heterocycles. The van der Waals surface area contributed by atoms with Crippen molar-refractivity contribution < 1.29 is 0 Å². The summed E-state index contributed by atoms with van der Waals surface area (Å²) in [6, 6.07) is 6.20. The Hall–Kier alpha value is -0.490. The highest BCUT2D eigenvalue weighted by Crippen LogP contribution is 2.32. The molecule has 19 heavy (non-hydrogen) atoms. The van der Waals surface area contributed by atoms with Crippen LogP contribution in [0.3, 0.4) is 0 Å². The van der Waals surface area contributed by atoms with E-state index >= 15 is 0 Å². The summed E-state index contributed by atoms with van der Waals surface area (Å²) in [4.78, 5) is 0. The molecule has 3 nitrogen and oxygen atoms in total. The van der Waals surface area contributed by atoms with Crippen LogP contribution >= 0.6 is 38.9 Å². The molecule has 0 saturated carbocycles. The lowest BCUT2D eigenvalue weighted by Gasteiger charge is -2.05. The average Bonchev–Trinajstić information content (AvgIpc) is 2.77. The molecule has 0 aliphatic heterocycles. The molecule has 0 bridgehead atoms. The van der Waals surface area contributed by atoms with Crippen molar-refractivity contribution in [3.05, 3.63) is 32.7 Å². The van der Waals surface area contributed by atoms with Crippen LogP contribution in [0.5, 0.6) is 0 Å². The van der Waals surface area contributed by atoms with Gasteiger partial charge in [0.25, 0.3) is 0 Å². The maximum absolute atomic E-state index is 5.94. The topological polar surface area (TPSA) is 37.8 Å². The molecule has 0 aliphatic rings. The summed E-state index contributed by atoms with van der Waals surface area (Å²) < 4.78 is 0.947. The first-order valence-electron chi connectivity index (χ1n) is 6.07. The van der Waals surface area contributed by atoms with Gasteiger partial charge in [-0.3, -0.25) is 0 Å². The van der Waals surface area contributed by atoms with E-state index in [1.165, 1.54) is 0 Å². The molecule has 6 heteroatoms. The monoisotopic (exact) mass is 359 g/mol. The summed E-state index contributed by atoms with van der Waals surface area (Å²) in [6.07, 6.45) is 0.904. The predicted octanol–water partition coefficient (Wildman–Crippen LogP) is 4.16. The Labute approximate surface area is 130 Å². The van der Waals surface area contributed by atoms with Crippen LogP contribution in [0.2, 0.25) is 5.02 Å². The van der Waals surface area contributed by atoms with Crippen molar-refractivity contribution in [2.24, 2.45) is 0 Å². The molecule has 2 aromatic rings. The van der Waals surface area contributed by atoms with E-state index in [2.05, 4.69) is 45.3 Å². The SMILES string of the molecule is CC(C)NCCc1nnc(-c2ccc(Cl)cc2Br)s1. The third kappa shape index (κ3) is 4.24. The Balaban J connectivity index is 2.08. The number of hydrogen-bond acceptors (Lipinski definition) is 4. The standard InChI is InChI=1S/C13H15BrClN3S/c1-8(2)16-6-5-12-17-18-13(19-12)10-4-3-9(15)7-11(10)14/h3-4,7-8,16H,5-6H2,1-2H3. The lowest BCUT2D eigenvalue weighted by atomic mass is 10.2. The highest BCUT2D eigenvalue weighted by atomic mass is 79.9. The number of nitrogens with zero attached hydrogens (tertiary/aromatic N) is 2. The smallest absolute Gasteiger partial charge is 0.148 e. The fourth-order valence-corrected chi connectivity index (χ4v) is 3.47. The largest absolute Gasteiger partial charge is 0.314 e. The molecule has 0 atom stereocenters. The molecule has 1 aromatic heterocycles. The van der Waals surface area contributed by atoms with Gasteiger partial charge < -0.3 is 5.32 Å². The molecule has 0 spiro atoms. The van der Waals surface area contributed by atoms with Crippen LogP contribution < -0.4 is 5.32 Å². The van der Waals surface area contributed by atoms with Gasteiger partial charge in [-0.05, 0) is 18.2 Å². The molecule has 1 aromatic carbocycles.